The first-order chi connectivity index (χ1) is 13.4. The average Bonchev–Trinajstić information content (AvgIpc) is 3.10. The number of imidazole rings is 1. The summed E-state index contributed by atoms with van der Waals surface area (Å²) in [5.74, 6) is 1.59. The Labute approximate surface area is 164 Å². The fraction of sp³-hybridized carbons (Fsp3) is 0.350. The molecule has 0 aromatic carbocycles. The quantitative estimate of drug-likeness (QED) is 0.695. The van der Waals surface area contributed by atoms with Crippen LogP contribution in [0.3, 0.4) is 0 Å². The molecule has 1 aliphatic carbocycles. The number of aromatic nitrogens is 4. The number of hydrogen-bond acceptors (Lipinski definition) is 6. The van der Waals surface area contributed by atoms with Gasteiger partial charge in [-0.15, -0.1) is 0 Å². The van der Waals surface area contributed by atoms with E-state index in [4.69, 9.17) is 5.73 Å². The van der Waals surface area contributed by atoms with Gasteiger partial charge < -0.3 is 10.7 Å². The molecule has 1 aliphatic rings. The van der Waals surface area contributed by atoms with Crippen molar-refractivity contribution in [1.82, 2.24) is 19.9 Å². The molecule has 1 fully saturated rings. The Kier molecular flexibility index (Phi) is 4.89. The SMILES string of the molecule is CS(=O)(=O)c1cncc(-c2ccnc(-c3nc(N)c(C4CCCCC4)[nH]3)c2)c1. The molecule has 0 unspecified atom stereocenters. The minimum atomic E-state index is -3.32. The van der Waals surface area contributed by atoms with Crippen LogP contribution >= 0.6 is 0 Å². The molecule has 0 aliphatic heterocycles. The summed E-state index contributed by atoms with van der Waals surface area (Å²) in [7, 11) is -3.32. The van der Waals surface area contributed by atoms with Gasteiger partial charge in [-0.25, -0.2) is 13.4 Å². The summed E-state index contributed by atoms with van der Waals surface area (Å²) >= 11 is 0. The number of nitrogens with one attached hydrogen (secondary N) is 1. The molecule has 0 spiro atoms. The van der Waals surface area contributed by atoms with Gasteiger partial charge in [-0.2, -0.15) is 0 Å². The van der Waals surface area contributed by atoms with Gasteiger partial charge in [-0.05, 0) is 36.6 Å². The zero-order valence-corrected chi connectivity index (χ0v) is 16.5. The third-order valence-electron chi connectivity index (χ3n) is 5.25. The second kappa shape index (κ2) is 7.35. The molecule has 1 saturated carbocycles. The van der Waals surface area contributed by atoms with Gasteiger partial charge in [0.1, 0.15) is 11.5 Å². The van der Waals surface area contributed by atoms with Crippen molar-refractivity contribution >= 4 is 15.7 Å². The Balaban J connectivity index is 1.68. The maximum atomic E-state index is 11.8. The van der Waals surface area contributed by atoms with Gasteiger partial charge in [0.05, 0.1) is 10.6 Å². The molecule has 146 valence electrons. The Morgan fingerprint density at radius 1 is 1.11 bits per heavy atom. The Hall–Kier alpha value is -2.74. The summed E-state index contributed by atoms with van der Waals surface area (Å²) < 4.78 is 23.6. The van der Waals surface area contributed by atoms with Crippen LogP contribution in [0.4, 0.5) is 5.82 Å². The summed E-state index contributed by atoms with van der Waals surface area (Å²) in [5.41, 5.74) is 9.37. The first-order valence-electron chi connectivity index (χ1n) is 9.39. The van der Waals surface area contributed by atoms with Crippen molar-refractivity contribution in [2.45, 2.75) is 42.9 Å². The Bertz CT molecular complexity index is 1100. The predicted molar refractivity (Wildman–Crippen MR) is 108 cm³/mol. The molecular formula is C20H23N5O2S. The molecule has 3 heterocycles. The van der Waals surface area contributed by atoms with E-state index in [1.807, 2.05) is 12.1 Å². The lowest BCUT2D eigenvalue weighted by Crippen LogP contribution is -2.07. The van der Waals surface area contributed by atoms with E-state index in [1.54, 1.807) is 18.5 Å². The lowest BCUT2D eigenvalue weighted by molar-refractivity contribution is 0.439. The van der Waals surface area contributed by atoms with Crippen LogP contribution < -0.4 is 5.73 Å². The van der Waals surface area contributed by atoms with Crippen LogP contribution in [-0.4, -0.2) is 34.6 Å². The van der Waals surface area contributed by atoms with Crippen molar-refractivity contribution in [3.05, 3.63) is 42.5 Å². The third-order valence-corrected chi connectivity index (χ3v) is 6.33. The van der Waals surface area contributed by atoms with Crippen molar-refractivity contribution in [3.63, 3.8) is 0 Å². The molecule has 0 bridgehead atoms. The van der Waals surface area contributed by atoms with Gasteiger partial charge in [-0.1, -0.05) is 19.3 Å². The number of nitrogens with zero attached hydrogens (tertiary/aromatic N) is 3. The second-order valence-electron chi connectivity index (χ2n) is 7.33. The van der Waals surface area contributed by atoms with E-state index >= 15 is 0 Å². The normalized spacial score (nSPS) is 15.6. The van der Waals surface area contributed by atoms with Gasteiger partial charge in [0.2, 0.25) is 0 Å². The van der Waals surface area contributed by atoms with Crippen LogP contribution in [-0.2, 0) is 9.84 Å². The van der Waals surface area contributed by atoms with E-state index in [9.17, 15) is 8.42 Å². The molecule has 3 aromatic rings. The van der Waals surface area contributed by atoms with Gasteiger partial charge in [0, 0.05) is 36.3 Å². The minimum Gasteiger partial charge on any atom is -0.382 e. The number of pyridine rings is 2. The second-order valence-corrected chi connectivity index (χ2v) is 9.35. The Morgan fingerprint density at radius 3 is 2.64 bits per heavy atom. The number of aromatic amines is 1. The zero-order valence-electron chi connectivity index (χ0n) is 15.7. The highest BCUT2D eigenvalue weighted by atomic mass is 32.2. The van der Waals surface area contributed by atoms with Gasteiger partial charge in [0.25, 0.3) is 0 Å². The molecule has 3 N–H and O–H groups in total. The molecule has 0 atom stereocenters. The van der Waals surface area contributed by atoms with Gasteiger partial charge in [-0.3, -0.25) is 9.97 Å². The van der Waals surface area contributed by atoms with Crippen LogP contribution in [0.5, 0.6) is 0 Å². The van der Waals surface area contributed by atoms with Crippen LogP contribution in [0.25, 0.3) is 22.6 Å². The highest BCUT2D eigenvalue weighted by Crippen LogP contribution is 2.35. The largest absolute Gasteiger partial charge is 0.382 e. The molecule has 0 amide bonds. The lowest BCUT2D eigenvalue weighted by atomic mass is 9.87. The number of hydrogen-bond donors (Lipinski definition) is 2. The Morgan fingerprint density at radius 2 is 1.89 bits per heavy atom. The molecule has 4 rings (SSSR count). The molecule has 7 nitrogen and oxygen atoms in total. The summed E-state index contributed by atoms with van der Waals surface area (Å²) in [6, 6.07) is 5.30. The monoisotopic (exact) mass is 397 g/mol. The van der Waals surface area contributed by atoms with E-state index in [1.165, 1.54) is 31.7 Å². The molecule has 0 radical (unpaired) electrons. The molecule has 3 aromatic heterocycles. The number of sulfone groups is 1. The van der Waals surface area contributed by atoms with Crippen LogP contribution in [0.1, 0.15) is 43.7 Å². The number of nitrogen functional groups attached to an aromatic ring is 1. The van der Waals surface area contributed by atoms with E-state index in [0.717, 1.165) is 24.1 Å². The highest BCUT2D eigenvalue weighted by Gasteiger charge is 2.21. The van der Waals surface area contributed by atoms with E-state index in [2.05, 4.69) is 19.9 Å². The van der Waals surface area contributed by atoms with Crippen molar-refractivity contribution in [3.8, 4) is 22.6 Å². The molecular weight excluding hydrogens is 374 g/mol. The molecule has 28 heavy (non-hydrogen) atoms. The highest BCUT2D eigenvalue weighted by molar-refractivity contribution is 7.90. The average molecular weight is 398 g/mol. The summed E-state index contributed by atoms with van der Waals surface area (Å²) in [4.78, 5) is 16.5. The summed E-state index contributed by atoms with van der Waals surface area (Å²) in [6.45, 7) is 0. The fourth-order valence-electron chi connectivity index (χ4n) is 3.74. The third kappa shape index (κ3) is 3.77. The number of anilines is 1. The molecule has 0 saturated heterocycles. The first-order valence-corrected chi connectivity index (χ1v) is 11.3. The van der Waals surface area contributed by atoms with Crippen molar-refractivity contribution in [1.29, 1.82) is 0 Å². The van der Waals surface area contributed by atoms with Crippen molar-refractivity contribution < 1.29 is 8.42 Å². The molecule has 8 heteroatoms. The smallest absolute Gasteiger partial charge is 0.177 e. The maximum absolute atomic E-state index is 11.8. The predicted octanol–water partition coefficient (Wildman–Crippen LogP) is 3.57. The van der Waals surface area contributed by atoms with Crippen LogP contribution in [0, 0.1) is 0 Å². The van der Waals surface area contributed by atoms with Crippen LogP contribution in [0.2, 0.25) is 0 Å². The van der Waals surface area contributed by atoms with E-state index in [-0.39, 0.29) is 4.90 Å². The van der Waals surface area contributed by atoms with Crippen molar-refractivity contribution in [2.24, 2.45) is 0 Å². The number of rotatable bonds is 4. The zero-order chi connectivity index (χ0) is 19.7. The fourth-order valence-corrected chi connectivity index (χ4v) is 4.34. The van der Waals surface area contributed by atoms with E-state index < -0.39 is 9.84 Å². The summed E-state index contributed by atoms with van der Waals surface area (Å²) in [6.07, 6.45) is 11.8. The van der Waals surface area contributed by atoms with Crippen LogP contribution in [0.15, 0.2) is 41.7 Å². The maximum Gasteiger partial charge on any atom is 0.177 e. The van der Waals surface area contributed by atoms with Crippen molar-refractivity contribution in [2.75, 3.05) is 12.0 Å². The van der Waals surface area contributed by atoms with Gasteiger partial charge in [0.15, 0.2) is 15.7 Å². The standard InChI is InChI=1S/C20H23N5O2S/c1-28(26,27)16-9-15(11-22-12-16)14-7-8-23-17(10-14)20-24-18(19(21)25-20)13-5-3-2-4-6-13/h7-13H,2-6,21H2,1H3,(H,24,25). The van der Waals surface area contributed by atoms with Gasteiger partial charge >= 0.3 is 0 Å². The lowest BCUT2D eigenvalue weighted by Gasteiger charge is -2.20. The van der Waals surface area contributed by atoms with E-state index in [0.29, 0.717) is 28.8 Å². The topological polar surface area (TPSA) is 115 Å². The minimum absolute atomic E-state index is 0.185. The number of nitrogens with two attached hydrogens (primary N) is 1. The first kappa shape index (κ1) is 18.6. The summed E-state index contributed by atoms with van der Waals surface area (Å²) in [5, 5.41) is 0. The number of H-pyrrole nitrogens is 1.